The van der Waals surface area contributed by atoms with Gasteiger partial charge in [-0.3, -0.25) is 14.5 Å². The standard InChI is InChI=1S/C16H21N3O3/c20-15(17-3-4-19-5-7-22-8-6-19)10-12-1-2-14-13(9-12)11-16(21)18-14/h1-2,9H,3-8,10-11H2,(H,17,20)(H,18,21). The van der Waals surface area contributed by atoms with Crippen LogP contribution in [0.3, 0.4) is 0 Å². The molecule has 0 bridgehead atoms. The van der Waals surface area contributed by atoms with Crippen molar-refractivity contribution in [2.75, 3.05) is 44.7 Å². The Kier molecular flexibility index (Phi) is 4.70. The molecule has 2 aliphatic heterocycles. The van der Waals surface area contributed by atoms with E-state index in [1.54, 1.807) is 0 Å². The topological polar surface area (TPSA) is 70.7 Å². The second kappa shape index (κ2) is 6.89. The third kappa shape index (κ3) is 3.84. The molecular formula is C16H21N3O3. The van der Waals surface area contributed by atoms with Gasteiger partial charge in [-0.2, -0.15) is 0 Å². The van der Waals surface area contributed by atoms with Crippen LogP contribution >= 0.6 is 0 Å². The second-order valence-corrected chi connectivity index (χ2v) is 5.70. The molecule has 0 aromatic heterocycles. The molecule has 0 atom stereocenters. The molecule has 0 radical (unpaired) electrons. The van der Waals surface area contributed by atoms with E-state index in [0.29, 0.717) is 19.4 Å². The van der Waals surface area contributed by atoms with E-state index in [1.165, 1.54) is 0 Å². The van der Waals surface area contributed by atoms with Gasteiger partial charge in [0, 0.05) is 31.9 Å². The van der Waals surface area contributed by atoms with Crippen molar-refractivity contribution in [3.05, 3.63) is 29.3 Å². The van der Waals surface area contributed by atoms with Gasteiger partial charge < -0.3 is 15.4 Å². The highest BCUT2D eigenvalue weighted by atomic mass is 16.5. The van der Waals surface area contributed by atoms with E-state index in [4.69, 9.17) is 4.74 Å². The quantitative estimate of drug-likeness (QED) is 0.814. The maximum absolute atomic E-state index is 12.0. The first-order valence-corrected chi connectivity index (χ1v) is 7.69. The summed E-state index contributed by atoms with van der Waals surface area (Å²) in [5, 5.41) is 5.74. The predicted molar refractivity (Wildman–Crippen MR) is 82.7 cm³/mol. The van der Waals surface area contributed by atoms with Gasteiger partial charge in [0.1, 0.15) is 0 Å². The average molecular weight is 303 g/mol. The van der Waals surface area contributed by atoms with Crippen LogP contribution in [0.15, 0.2) is 18.2 Å². The summed E-state index contributed by atoms with van der Waals surface area (Å²) >= 11 is 0. The number of benzene rings is 1. The summed E-state index contributed by atoms with van der Waals surface area (Å²) in [6, 6.07) is 5.71. The number of carbonyl (C=O) groups is 2. The molecule has 6 nitrogen and oxygen atoms in total. The number of morpholine rings is 1. The van der Waals surface area contributed by atoms with Crippen LogP contribution in [-0.4, -0.2) is 56.1 Å². The molecule has 6 heteroatoms. The third-order valence-corrected chi connectivity index (χ3v) is 4.01. The Balaban J connectivity index is 1.44. The van der Waals surface area contributed by atoms with E-state index >= 15 is 0 Å². The number of nitrogens with zero attached hydrogens (tertiary/aromatic N) is 1. The Morgan fingerprint density at radius 3 is 2.95 bits per heavy atom. The lowest BCUT2D eigenvalue weighted by Gasteiger charge is -2.26. The van der Waals surface area contributed by atoms with Crippen molar-refractivity contribution in [3.63, 3.8) is 0 Å². The summed E-state index contributed by atoms with van der Waals surface area (Å²) in [5.74, 6) is 0.0348. The van der Waals surface area contributed by atoms with Crippen LogP contribution < -0.4 is 10.6 Å². The van der Waals surface area contributed by atoms with Gasteiger partial charge in [0.2, 0.25) is 11.8 Å². The Morgan fingerprint density at radius 2 is 2.14 bits per heavy atom. The molecule has 118 valence electrons. The number of ether oxygens (including phenoxy) is 1. The van der Waals surface area contributed by atoms with Crippen LogP contribution in [0.1, 0.15) is 11.1 Å². The van der Waals surface area contributed by atoms with E-state index in [-0.39, 0.29) is 11.8 Å². The zero-order chi connectivity index (χ0) is 15.4. The maximum atomic E-state index is 12.0. The Morgan fingerprint density at radius 1 is 1.32 bits per heavy atom. The smallest absolute Gasteiger partial charge is 0.228 e. The fourth-order valence-corrected chi connectivity index (χ4v) is 2.82. The lowest BCUT2D eigenvalue weighted by Crippen LogP contribution is -2.41. The summed E-state index contributed by atoms with van der Waals surface area (Å²) in [7, 11) is 0. The number of anilines is 1. The number of hydrogen-bond donors (Lipinski definition) is 2. The van der Waals surface area contributed by atoms with E-state index in [9.17, 15) is 9.59 Å². The van der Waals surface area contributed by atoms with Gasteiger partial charge in [0.05, 0.1) is 26.1 Å². The summed E-state index contributed by atoms with van der Waals surface area (Å²) in [6.45, 7) is 4.93. The molecule has 0 unspecified atom stereocenters. The molecule has 2 heterocycles. The minimum Gasteiger partial charge on any atom is -0.379 e. The maximum Gasteiger partial charge on any atom is 0.228 e. The fraction of sp³-hybridized carbons (Fsp3) is 0.500. The van der Waals surface area contributed by atoms with E-state index < -0.39 is 0 Å². The van der Waals surface area contributed by atoms with Gasteiger partial charge in [0.15, 0.2) is 0 Å². The molecule has 1 aromatic rings. The van der Waals surface area contributed by atoms with Gasteiger partial charge in [-0.1, -0.05) is 12.1 Å². The van der Waals surface area contributed by atoms with Crippen LogP contribution in [0.4, 0.5) is 5.69 Å². The number of fused-ring (bicyclic) bond motifs is 1. The Bertz CT molecular complexity index is 568. The monoisotopic (exact) mass is 303 g/mol. The number of rotatable bonds is 5. The highest BCUT2D eigenvalue weighted by Gasteiger charge is 2.18. The SMILES string of the molecule is O=C(Cc1ccc2c(c1)CC(=O)N2)NCCN1CCOCC1. The largest absolute Gasteiger partial charge is 0.379 e. The first kappa shape index (κ1) is 15.0. The van der Waals surface area contributed by atoms with Gasteiger partial charge in [-0.05, 0) is 17.2 Å². The van der Waals surface area contributed by atoms with Crippen molar-refractivity contribution in [3.8, 4) is 0 Å². The molecule has 1 aromatic carbocycles. The Labute approximate surface area is 129 Å². The number of amides is 2. The average Bonchev–Trinajstić information content (AvgIpc) is 2.87. The van der Waals surface area contributed by atoms with E-state index in [1.807, 2.05) is 18.2 Å². The normalized spacial score (nSPS) is 17.9. The van der Waals surface area contributed by atoms with Gasteiger partial charge in [-0.25, -0.2) is 0 Å². The summed E-state index contributed by atoms with van der Waals surface area (Å²) < 4.78 is 5.29. The third-order valence-electron chi connectivity index (χ3n) is 4.01. The molecule has 1 fully saturated rings. The zero-order valence-corrected chi connectivity index (χ0v) is 12.6. The van der Waals surface area contributed by atoms with E-state index in [2.05, 4.69) is 15.5 Å². The van der Waals surface area contributed by atoms with Crippen molar-refractivity contribution >= 4 is 17.5 Å². The van der Waals surface area contributed by atoms with Crippen molar-refractivity contribution in [1.29, 1.82) is 0 Å². The lowest BCUT2D eigenvalue weighted by atomic mass is 10.1. The molecule has 2 amide bonds. The minimum atomic E-state index is 0.0158. The molecule has 1 saturated heterocycles. The molecule has 22 heavy (non-hydrogen) atoms. The van der Waals surface area contributed by atoms with Crippen LogP contribution in [0.25, 0.3) is 0 Å². The predicted octanol–water partition coefficient (Wildman–Crippen LogP) is 0.172. The first-order valence-electron chi connectivity index (χ1n) is 7.69. The number of carbonyl (C=O) groups excluding carboxylic acids is 2. The van der Waals surface area contributed by atoms with Gasteiger partial charge in [0.25, 0.3) is 0 Å². The first-order chi connectivity index (χ1) is 10.7. The number of nitrogens with one attached hydrogen (secondary N) is 2. The van der Waals surface area contributed by atoms with Gasteiger partial charge >= 0.3 is 0 Å². The summed E-state index contributed by atoms with van der Waals surface area (Å²) in [6.07, 6.45) is 0.756. The molecule has 0 spiro atoms. The lowest BCUT2D eigenvalue weighted by molar-refractivity contribution is -0.120. The van der Waals surface area contributed by atoms with Crippen molar-refractivity contribution < 1.29 is 14.3 Å². The molecule has 2 N–H and O–H groups in total. The minimum absolute atomic E-state index is 0.0158. The summed E-state index contributed by atoms with van der Waals surface area (Å²) in [5.41, 5.74) is 2.78. The molecule has 0 saturated carbocycles. The number of hydrogen-bond acceptors (Lipinski definition) is 4. The Hall–Kier alpha value is -1.92. The van der Waals surface area contributed by atoms with Crippen LogP contribution in [0, 0.1) is 0 Å². The van der Waals surface area contributed by atoms with E-state index in [0.717, 1.165) is 49.7 Å². The molecule has 2 aliphatic rings. The van der Waals surface area contributed by atoms with Crippen LogP contribution in [0.2, 0.25) is 0 Å². The fourth-order valence-electron chi connectivity index (χ4n) is 2.82. The zero-order valence-electron chi connectivity index (χ0n) is 12.6. The van der Waals surface area contributed by atoms with Crippen molar-refractivity contribution in [1.82, 2.24) is 10.2 Å². The highest BCUT2D eigenvalue weighted by Crippen LogP contribution is 2.23. The van der Waals surface area contributed by atoms with Crippen LogP contribution in [0.5, 0.6) is 0 Å². The van der Waals surface area contributed by atoms with Crippen molar-refractivity contribution in [2.24, 2.45) is 0 Å². The molecular weight excluding hydrogens is 282 g/mol. The van der Waals surface area contributed by atoms with Crippen molar-refractivity contribution in [2.45, 2.75) is 12.8 Å². The van der Waals surface area contributed by atoms with Gasteiger partial charge in [-0.15, -0.1) is 0 Å². The molecule has 3 rings (SSSR count). The van der Waals surface area contributed by atoms with Crippen LogP contribution in [-0.2, 0) is 27.2 Å². The summed E-state index contributed by atoms with van der Waals surface area (Å²) in [4.78, 5) is 25.6. The second-order valence-electron chi connectivity index (χ2n) is 5.70. The highest BCUT2D eigenvalue weighted by molar-refractivity contribution is 5.99. The molecule has 0 aliphatic carbocycles.